The molecule has 1 aliphatic carbocycles. The van der Waals surface area contributed by atoms with Crippen molar-refractivity contribution >= 4 is 29.3 Å². The topological polar surface area (TPSA) is 49.4 Å². The van der Waals surface area contributed by atoms with Gasteiger partial charge in [-0.2, -0.15) is 0 Å². The van der Waals surface area contributed by atoms with Gasteiger partial charge in [0.2, 0.25) is 0 Å². The Morgan fingerprint density at radius 3 is 2.25 bits per heavy atom. The average Bonchev–Trinajstić information content (AvgIpc) is 2.95. The number of hydrogen-bond acceptors (Lipinski definition) is 4. The van der Waals surface area contributed by atoms with Gasteiger partial charge in [0.05, 0.1) is 5.69 Å². The predicted molar refractivity (Wildman–Crippen MR) is 113 cm³/mol. The molecule has 144 valence electrons. The number of benzene rings is 2. The minimum atomic E-state index is -0.253. The number of amides is 2. The number of thioether (sulfide) groups is 1. The van der Waals surface area contributed by atoms with Crippen LogP contribution in [0, 0.1) is 6.92 Å². The van der Waals surface area contributed by atoms with Crippen LogP contribution < -0.4 is 10.2 Å². The van der Waals surface area contributed by atoms with E-state index >= 15 is 0 Å². The molecule has 0 radical (unpaired) electrons. The van der Waals surface area contributed by atoms with Gasteiger partial charge in [-0.05, 0) is 44.0 Å². The number of carbonyl (C=O) groups excluding carboxylic acids is 2. The normalized spacial score (nSPS) is 18.1. The third-order valence-corrected chi connectivity index (χ3v) is 6.34. The summed E-state index contributed by atoms with van der Waals surface area (Å²) >= 11 is 1.37. The minimum Gasteiger partial charge on any atom is -0.377 e. The Morgan fingerprint density at radius 2 is 1.57 bits per heavy atom. The summed E-state index contributed by atoms with van der Waals surface area (Å²) < 4.78 is 0. The fraction of sp³-hybridized carbons (Fsp3) is 0.304. The standard InChI is InChI=1S/C23H24N2O2S/c1-16-12-14-19(15-13-16)28-21-20(24-17-8-4-2-5-9-17)22(26)25(23(21)27)18-10-6-3-7-11-18/h3,6-7,10-15,17,24H,2,4-5,8-9H2,1H3. The molecule has 0 spiro atoms. The van der Waals surface area contributed by atoms with Crippen LogP contribution in [0.25, 0.3) is 0 Å². The van der Waals surface area contributed by atoms with Gasteiger partial charge in [0, 0.05) is 10.9 Å². The van der Waals surface area contributed by atoms with Gasteiger partial charge in [0.1, 0.15) is 10.6 Å². The molecule has 1 fully saturated rings. The number of nitrogens with one attached hydrogen (secondary N) is 1. The van der Waals surface area contributed by atoms with Gasteiger partial charge in [0.15, 0.2) is 0 Å². The Bertz CT molecular complexity index is 900. The first-order valence-electron chi connectivity index (χ1n) is 9.82. The summed E-state index contributed by atoms with van der Waals surface area (Å²) in [5.74, 6) is -0.503. The summed E-state index contributed by atoms with van der Waals surface area (Å²) in [5, 5.41) is 3.43. The van der Waals surface area contributed by atoms with E-state index in [0.29, 0.717) is 16.3 Å². The van der Waals surface area contributed by atoms with Crippen molar-refractivity contribution in [1.82, 2.24) is 5.32 Å². The van der Waals surface area contributed by atoms with Crippen molar-refractivity contribution in [3.05, 3.63) is 70.8 Å². The first-order chi connectivity index (χ1) is 13.6. The Labute approximate surface area is 170 Å². The zero-order chi connectivity index (χ0) is 19.5. The highest BCUT2D eigenvalue weighted by molar-refractivity contribution is 8.04. The maximum absolute atomic E-state index is 13.2. The highest BCUT2D eigenvalue weighted by atomic mass is 32.2. The number of carbonyl (C=O) groups is 2. The van der Waals surface area contributed by atoms with E-state index in [-0.39, 0.29) is 17.9 Å². The second-order valence-electron chi connectivity index (χ2n) is 7.38. The predicted octanol–water partition coefficient (Wildman–Crippen LogP) is 4.79. The van der Waals surface area contributed by atoms with E-state index < -0.39 is 0 Å². The van der Waals surface area contributed by atoms with Gasteiger partial charge in [0.25, 0.3) is 11.8 Å². The lowest BCUT2D eigenvalue weighted by molar-refractivity contribution is -0.120. The third-order valence-electron chi connectivity index (χ3n) is 5.25. The summed E-state index contributed by atoms with van der Waals surface area (Å²) in [6.45, 7) is 2.03. The van der Waals surface area contributed by atoms with Crippen LogP contribution in [0.1, 0.15) is 37.7 Å². The number of hydrogen-bond donors (Lipinski definition) is 1. The average molecular weight is 393 g/mol. The highest BCUT2D eigenvalue weighted by Crippen LogP contribution is 2.37. The first-order valence-corrected chi connectivity index (χ1v) is 10.6. The Balaban J connectivity index is 1.67. The van der Waals surface area contributed by atoms with Crippen LogP contribution in [-0.4, -0.2) is 17.9 Å². The number of para-hydroxylation sites is 1. The van der Waals surface area contributed by atoms with Gasteiger partial charge in [-0.1, -0.05) is 66.9 Å². The molecule has 28 heavy (non-hydrogen) atoms. The summed E-state index contributed by atoms with van der Waals surface area (Å²) in [6.07, 6.45) is 5.65. The summed E-state index contributed by atoms with van der Waals surface area (Å²) in [7, 11) is 0. The van der Waals surface area contributed by atoms with Crippen LogP contribution in [0.4, 0.5) is 5.69 Å². The summed E-state index contributed by atoms with van der Waals surface area (Å²) in [4.78, 5) is 29.2. The molecule has 2 aromatic rings. The molecular formula is C23H24N2O2S. The van der Waals surface area contributed by atoms with E-state index in [1.54, 1.807) is 12.1 Å². The number of imide groups is 1. The highest BCUT2D eigenvalue weighted by Gasteiger charge is 2.40. The SMILES string of the molecule is Cc1ccc(SC2=C(NC3CCCCC3)C(=O)N(c3ccccc3)C2=O)cc1. The van der Waals surface area contributed by atoms with E-state index in [4.69, 9.17) is 0 Å². The maximum atomic E-state index is 13.2. The number of rotatable bonds is 5. The molecule has 1 aliphatic heterocycles. The smallest absolute Gasteiger partial charge is 0.282 e. The molecule has 0 saturated heterocycles. The monoisotopic (exact) mass is 392 g/mol. The van der Waals surface area contributed by atoms with Gasteiger partial charge >= 0.3 is 0 Å². The zero-order valence-corrected chi connectivity index (χ0v) is 16.8. The Hall–Kier alpha value is -2.53. The van der Waals surface area contributed by atoms with Crippen LogP contribution in [0.5, 0.6) is 0 Å². The number of anilines is 1. The first kappa shape index (κ1) is 18.8. The largest absolute Gasteiger partial charge is 0.377 e. The molecule has 5 heteroatoms. The maximum Gasteiger partial charge on any atom is 0.282 e. The molecule has 2 amide bonds. The van der Waals surface area contributed by atoms with Crippen LogP contribution >= 0.6 is 11.8 Å². The van der Waals surface area contributed by atoms with Gasteiger partial charge in [-0.15, -0.1) is 0 Å². The van der Waals surface area contributed by atoms with Crippen LogP contribution in [0.15, 0.2) is 70.1 Å². The Morgan fingerprint density at radius 1 is 0.893 bits per heavy atom. The molecule has 4 nitrogen and oxygen atoms in total. The molecule has 2 aromatic carbocycles. The number of aryl methyl sites for hydroxylation is 1. The molecule has 0 unspecified atom stereocenters. The van der Waals surface area contributed by atoms with Gasteiger partial charge in [-0.25, -0.2) is 4.90 Å². The van der Waals surface area contributed by atoms with Crippen molar-refractivity contribution in [3.8, 4) is 0 Å². The van der Waals surface area contributed by atoms with E-state index in [0.717, 1.165) is 30.6 Å². The summed E-state index contributed by atoms with van der Waals surface area (Å²) in [5.41, 5.74) is 2.23. The molecule has 0 atom stereocenters. The molecule has 1 heterocycles. The zero-order valence-electron chi connectivity index (χ0n) is 16.0. The van der Waals surface area contributed by atoms with Crippen molar-refractivity contribution in [2.45, 2.75) is 50.0 Å². The van der Waals surface area contributed by atoms with Crippen molar-refractivity contribution < 1.29 is 9.59 Å². The molecule has 0 bridgehead atoms. The van der Waals surface area contributed by atoms with E-state index in [1.165, 1.54) is 28.6 Å². The quantitative estimate of drug-likeness (QED) is 0.743. The second-order valence-corrected chi connectivity index (χ2v) is 8.46. The lowest BCUT2D eigenvalue weighted by Gasteiger charge is -2.24. The molecular weight excluding hydrogens is 368 g/mol. The second kappa shape index (κ2) is 8.23. The molecule has 4 rings (SSSR count). The Kier molecular flexibility index (Phi) is 5.53. The van der Waals surface area contributed by atoms with Crippen molar-refractivity contribution in [3.63, 3.8) is 0 Å². The lowest BCUT2D eigenvalue weighted by Crippen LogP contribution is -2.37. The van der Waals surface area contributed by atoms with Crippen molar-refractivity contribution in [2.24, 2.45) is 0 Å². The van der Waals surface area contributed by atoms with Crippen molar-refractivity contribution in [1.29, 1.82) is 0 Å². The van der Waals surface area contributed by atoms with Crippen LogP contribution in [-0.2, 0) is 9.59 Å². The molecule has 1 N–H and O–H groups in total. The lowest BCUT2D eigenvalue weighted by atomic mass is 9.95. The fourth-order valence-electron chi connectivity index (χ4n) is 3.72. The van der Waals surface area contributed by atoms with E-state index in [1.807, 2.05) is 49.4 Å². The van der Waals surface area contributed by atoms with E-state index in [2.05, 4.69) is 5.32 Å². The van der Waals surface area contributed by atoms with Gasteiger partial charge < -0.3 is 5.32 Å². The fourth-order valence-corrected chi connectivity index (χ4v) is 4.65. The minimum absolute atomic E-state index is 0.250. The van der Waals surface area contributed by atoms with Crippen LogP contribution in [0.3, 0.4) is 0 Å². The molecule has 0 aromatic heterocycles. The molecule has 2 aliphatic rings. The van der Waals surface area contributed by atoms with Crippen molar-refractivity contribution in [2.75, 3.05) is 4.90 Å². The van der Waals surface area contributed by atoms with E-state index in [9.17, 15) is 9.59 Å². The van der Waals surface area contributed by atoms with Crippen LogP contribution in [0.2, 0.25) is 0 Å². The third kappa shape index (κ3) is 3.85. The number of nitrogens with zero attached hydrogens (tertiary/aromatic N) is 1. The van der Waals surface area contributed by atoms with Gasteiger partial charge in [-0.3, -0.25) is 9.59 Å². The molecule has 1 saturated carbocycles. The summed E-state index contributed by atoms with van der Waals surface area (Å²) in [6, 6.07) is 17.4.